The van der Waals surface area contributed by atoms with Gasteiger partial charge in [0, 0.05) is 0 Å². The summed E-state index contributed by atoms with van der Waals surface area (Å²) in [5, 5.41) is 0. The summed E-state index contributed by atoms with van der Waals surface area (Å²) in [5.74, 6) is 0. The second-order valence-electron chi connectivity index (χ2n) is 4.78. The normalized spacial score (nSPS) is 21.7. The Morgan fingerprint density at radius 2 is 1.31 bits per heavy atom. The lowest BCUT2D eigenvalue weighted by Crippen LogP contribution is -2.40. The van der Waals surface area contributed by atoms with E-state index < -0.39 is 5.67 Å². The van der Waals surface area contributed by atoms with Crippen LogP contribution in [0.15, 0.2) is 0 Å². The third-order valence-corrected chi connectivity index (χ3v) is 2.99. The highest BCUT2D eigenvalue weighted by molar-refractivity contribution is 4.92. The monoisotopic (exact) mass is 192 g/mol. The van der Waals surface area contributed by atoms with E-state index in [0.29, 0.717) is 7.18 Å². The average molecular weight is 192 g/mol. The smallest absolute Gasteiger partial charge is 0.115 e. The molecular formula is C11H22F2. The average Bonchev–Trinajstić information content (AvgIpc) is 2.07. The molecule has 0 radical (unpaired) electrons. The Morgan fingerprint density at radius 1 is 0.923 bits per heavy atom. The molecule has 2 heteroatoms. The molecule has 1 aliphatic carbocycles. The molecule has 0 spiro atoms. The summed E-state index contributed by atoms with van der Waals surface area (Å²) < 4.78 is 23.6. The molecule has 0 atom stereocenters. The van der Waals surface area contributed by atoms with Gasteiger partial charge < -0.3 is 0 Å². The summed E-state index contributed by atoms with van der Waals surface area (Å²) in [4.78, 5) is 0. The minimum absolute atomic E-state index is 0.159. The van der Waals surface area contributed by atoms with Gasteiger partial charge >= 0.3 is 0 Å². The van der Waals surface area contributed by atoms with Crippen LogP contribution < -0.4 is 0 Å². The van der Waals surface area contributed by atoms with Crippen LogP contribution >= 0.6 is 0 Å². The van der Waals surface area contributed by atoms with Gasteiger partial charge in [0.1, 0.15) is 5.67 Å². The Kier molecular flexibility index (Phi) is 4.87. The molecule has 0 aromatic carbocycles. The minimum Gasteiger partial charge on any atom is -0.255 e. The van der Waals surface area contributed by atoms with Crippen molar-refractivity contribution in [3.8, 4) is 0 Å². The Labute approximate surface area is 80.7 Å². The highest BCUT2D eigenvalue weighted by atomic mass is 19.1. The van der Waals surface area contributed by atoms with Gasteiger partial charge in [-0.15, -0.1) is 0 Å². The third-order valence-electron chi connectivity index (χ3n) is 2.99. The molecule has 0 aliphatic heterocycles. The van der Waals surface area contributed by atoms with E-state index in [1.165, 1.54) is 6.42 Å². The molecule has 1 fully saturated rings. The number of halogens is 2. The standard InChI is InChI=1S/C10H19F.CH3F/c1-9(2,3)10(11)7-5-4-6-8-10;1-2/h4-8H2,1-3H3;1H3. The van der Waals surface area contributed by atoms with Gasteiger partial charge in [-0.3, -0.25) is 4.39 Å². The highest BCUT2D eigenvalue weighted by Gasteiger charge is 2.42. The van der Waals surface area contributed by atoms with Crippen LogP contribution in [0.1, 0.15) is 52.9 Å². The first kappa shape index (κ1) is 12.9. The maximum atomic E-state index is 14.1. The molecule has 1 saturated carbocycles. The van der Waals surface area contributed by atoms with Gasteiger partial charge in [0.2, 0.25) is 0 Å². The van der Waals surface area contributed by atoms with Crippen LogP contribution in [0.2, 0.25) is 0 Å². The van der Waals surface area contributed by atoms with Gasteiger partial charge in [-0.25, -0.2) is 4.39 Å². The van der Waals surface area contributed by atoms with Gasteiger partial charge in [-0.1, -0.05) is 40.0 Å². The maximum Gasteiger partial charge on any atom is 0.115 e. The molecule has 0 heterocycles. The van der Waals surface area contributed by atoms with Crippen molar-refractivity contribution in [2.24, 2.45) is 5.41 Å². The Balaban J connectivity index is 0.000000671. The maximum absolute atomic E-state index is 14.1. The fourth-order valence-electron chi connectivity index (χ4n) is 1.86. The first-order chi connectivity index (χ1) is 5.96. The molecule has 0 saturated heterocycles. The Bertz CT molecular complexity index is 130. The summed E-state index contributed by atoms with van der Waals surface area (Å²) >= 11 is 0. The summed E-state index contributed by atoms with van der Waals surface area (Å²) in [7, 11) is 0.500. The molecule has 13 heavy (non-hydrogen) atoms. The van der Waals surface area contributed by atoms with Crippen LogP contribution in [0.5, 0.6) is 0 Å². The number of alkyl halides is 2. The molecule has 0 aromatic rings. The molecule has 0 unspecified atom stereocenters. The van der Waals surface area contributed by atoms with Gasteiger partial charge in [0.25, 0.3) is 0 Å². The zero-order valence-electron chi connectivity index (χ0n) is 9.29. The number of hydrogen-bond donors (Lipinski definition) is 0. The topological polar surface area (TPSA) is 0 Å². The van der Waals surface area contributed by atoms with E-state index in [9.17, 15) is 8.78 Å². The lowest BCUT2D eigenvalue weighted by atomic mass is 9.70. The zero-order valence-corrected chi connectivity index (χ0v) is 9.29. The largest absolute Gasteiger partial charge is 0.255 e. The van der Waals surface area contributed by atoms with E-state index in [2.05, 4.69) is 0 Å². The molecule has 80 valence electrons. The van der Waals surface area contributed by atoms with Crippen molar-refractivity contribution >= 4 is 0 Å². The molecule has 0 aromatic heterocycles. The molecule has 0 nitrogen and oxygen atoms in total. The second-order valence-corrected chi connectivity index (χ2v) is 4.78. The number of hydrogen-bond acceptors (Lipinski definition) is 0. The summed E-state index contributed by atoms with van der Waals surface area (Å²) in [5.41, 5.74) is -1.04. The predicted molar refractivity (Wildman–Crippen MR) is 53.4 cm³/mol. The third kappa shape index (κ3) is 3.24. The fraction of sp³-hybridized carbons (Fsp3) is 1.00. The first-order valence-corrected chi connectivity index (χ1v) is 5.02. The van der Waals surface area contributed by atoms with Gasteiger partial charge in [0.05, 0.1) is 7.18 Å². The molecular weight excluding hydrogens is 170 g/mol. The van der Waals surface area contributed by atoms with Crippen LogP contribution in [0.4, 0.5) is 8.78 Å². The highest BCUT2D eigenvalue weighted by Crippen LogP contribution is 2.44. The van der Waals surface area contributed by atoms with Crippen molar-refractivity contribution in [3.05, 3.63) is 0 Å². The molecule has 1 rings (SSSR count). The van der Waals surface area contributed by atoms with E-state index in [0.717, 1.165) is 25.7 Å². The van der Waals surface area contributed by atoms with Gasteiger partial charge in [0.15, 0.2) is 0 Å². The van der Waals surface area contributed by atoms with Gasteiger partial charge in [-0.05, 0) is 18.3 Å². The van der Waals surface area contributed by atoms with E-state index in [1.807, 2.05) is 20.8 Å². The molecule has 0 bridgehead atoms. The first-order valence-electron chi connectivity index (χ1n) is 5.02. The SMILES string of the molecule is CC(C)(C)C1(F)CCCCC1.CF. The lowest BCUT2D eigenvalue weighted by Gasteiger charge is -2.40. The van der Waals surface area contributed by atoms with Crippen molar-refractivity contribution in [3.63, 3.8) is 0 Å². The van der Waals surface area contributed by atoms with Crippen LogP contribution in [-0.2, 0) is 0 Å². The van der Waals surface area contributed by atoms with Crippen molar-refractivity contribution in [1.82, 2.24) is 0 Å². The van der Waals surface area contributed by atoms with E-state index in [1.54, 1.807) is 0 Å². The summed E-state index contributed by atoms with van der Waals surface area (Å²) in [6, 6.07) is 0. The van der Waals surface area contributed by atoms with Crippen LogP contribution in [-0.4, -0.2) is 12.8 Å². The zero-order chi connectivity index (χ0) is 10.5. The van der Waals surface area contributed by atoms with Gasteiger partial charge in [-0.2, -0.15) is 0 Å². The van der Waals surface area contributed by atoms with Crippen molar-refractivity contribution in [2.45, 2.75) is 58.5 Å². The predicted octanol–water partition coefficient (Wildman–Crippen LogP) is 4.29. The molecule has 0 N–H and O–H groups in total. The van der Waals surface area contributed by atoms with Crippen LogP contribution in [0.25, 0.3) is 0 Å². The summed E-state index contributed by atoms with van der Waals surface area (Å²) in [6.07, 6.45) is 4.93. The number of rotatable bonds is 0. The lowest BCUT2D eigenvalue weighted by molar-refractivity contribution is -0.00584. The van der Waals surface area contributed by atoms with Crippen molar-refractivity contribution in [1.29, 1.82) is 0 Å². The van der Waals surface area contributed by atoms with E-state index in [-0.39, 0.29) is 5.41 Å². The Hall–Kier alpha value is -0.140. The van der Waals surface area contributed by atoms with Crippen LogP contribution in [0.3, 0.4) is 0 Å². The van der Waals surface area contributed by atoms with Crippen molar-refractivity contribution < 1.29 is 8.78 Å². The molecule has 1 aliphatic rings. The fourth-order valence-corrected chi connectivity index (χ4v) is 1.86. The van der Waals surface area contributed by atoms with E-state index >= 15 is 0 Å². The van der Waals surface area contributed by atoms with Crippen LogP contribution in [0, 0.1) is 5.41 Å². The Morgan fingerprint density at radius 3 is 1.54 bits per heavy atom. The molecule has 0 amide bonds. The minimum atomic E-state index is -0.884. The summed E-state index contributed by atoms with van der Waals surface area (Å²) in [6.45, 7) is 6.04. The van der Waals surface area contributed by atoms with E-state index in [4.69, 9.17) is 0 Å². The second kappa shape index (κ2) is 4.92. The van der Waals surface area contributed by atoms with Crippen molar-refractivity contribution in [2.75, 3.05) is 7.18 Å². The quantitative estimate of drug-likeness (QED) is 0.537.